The van der Waals surface area contributed by atoms with Gasteiger partial charge < -0.3 is 19.2 Å². The minimum Gasteiger partial charge on any atom is -0.461 e. The van der Waals surface area contributed by atoms with Crippen molar-refractivity contribution in [2.45, 2.75) is 12.6 Å². The van der Waals surface area contributed by atoms with Gasteiger partial charge in [0.1, 0.15) is 30.8 Å². The van der Waals surface area contributed by atoms with Crippen LogP contribution >= 0.6 is 0 Å². The first kappa shape index (κ1) is 9.08. The van der Waals surface area contributed by atoms with Gasteiger partial charge in [0.05, 0.1) is 0 Å². The van der Waals surface area contributed by atoms with Gasteiger partial charge in [-0.3, -0.25) is 0 Å². The molecule has 1 N–H and O–H groups in total. The zero-order valence-corrected chi connectivity index (χ0v) is 7.78. The fourth-order valence-electron chi connectivity index (χ4n) is 1.34. The molecule has 5 nitrogen and oxygen atoms in total. The molecule has 1 unspecified atom stereocenters. The fourth-order valence-corrected chi connectivity index (χ4v) is 1.34. The largest absolute Gasteiger partial charge is 0.461 e. The molecule has 0 spiro atoms. The quantitative estimate of drug-likeness (QED) is 0.791. The normalized spacial score (nSPS) is 20.6. The molecule has 1 aromatic heterocycles. The van der Waals surface area contributed by atoms with Crippen LogP contribution in [0.5, 0.6) is 0 Å². The van der Waals surface area contributed by atoms with E-state index in [1.165, 1.54) is 0 Å². The molecular weight excluding hydrogens is 186 g/mol. The number of carbonyl (C=O) groups excluding carboxylic acids is 1. The molecule has 0 aliphatic carbocycles. The van der Waals surface area contributed by atoms with E-state index >= 15 is 0 Å². The number of ether oxygens (including phenoxy) is 2. The topological polar surface area (TPSA) is 60.7 Å². The molecule has 0 radical (unpaired) electrons. The Balaban J connectivity index is 2.05. The zero-order chi connectivity index (χ0) is 9.97. The van der Waals surface area contributed by atoms with Crippen LogP contribution in [0.1, 0.15) is 17.6 Å². The summed E-state index contributed by atoms with van der Waals surface area (Å²) in [5.41, 5.74) is 0. The highest BCUT2D eigenvalue weighted by Crippen LogP contribution is 2.20. The molecule has 1 atom stereocenters. The molecule has 76 valence electrons. The Morgan fingerprint density at radius 3 is 3.14 bits per heavy atom. The summed E-state index contributed by atoms with van der Waals surface area (Å²) in [6.07, 6.45) is -0.403. The van der Waals surface area contributed by atoms with Crippen LogP contribution in [0.15, 0.2) is 16.5 Å². The Bertz CT molecular complexity index is 333. The van der Waals surface area contributed by atoms with Crippen LogP contribution in [-0.2, 0) is 16.1 Å². The van der Waals surface area contributed by atoms with Gasteiger partial charge in [-0.2, -0.15) is 0 Å². The summed E-state index contributed by atoms with van der Waals surface area (Å²) in [7, 11) is 1.60. The molecule has 5 heteroatoms. The van der Waals surface area contributed by atoms with Gasteiger partial charge in [-0.05, 0) is 12.1 Å². The number of cyclic esters (lactones) is 1. The average molecular weight is 197 g/mol. The Labute approximate surface area is 81.0 Å². The lowest BCUT2D eigenvalue weighted by atomic mass is 10.2. The maximum absolute atomic E-state index is 10.8. The van der Waals surface area contributed by atoms with Gasteiger partial charge >= 0.3 is 6.09 Å². The molecule has 1 amide bonds. The maximum atomic E-state index is 10.8. The Morgan fingerprint density at radius 1 is 1.64 bits per heavy atom. The lowest BCUT2D eigenvalue weighted by Gasteiger charge is -2.01. The molecule has 1 aliphatic rings. The van der Waals surface area contributed by atoms with Crippen LogP contribution in [0.4, 0.5) is 4.79 Å². The standard InChI is InChI=1S/C9H11NO4/c1-12-4-6-2-3-8(14-6)7-5-13-9(11)10-7/h2-3,7H,4-5H2,1H3,(H,10,11). The van der Waals surface area contributed by atoms with E-state index in [9.17, 15) is 4.79 Å². The second kappa shape index (κ2) is 3.71. The Hall–Kier alpha value is -1.49. The number of alkyl carbamates (subject to hydrolysis) is 1. The smallest absolute Gasteiger partial charge is 0.407 e. The van der Waals surface area contributed by atoms with Crippen molar-refractivity contribution >= 4 is 6.09 Å². The van der Waals surface area contributed by atoms with E-state index in [1.807, 2.05) is 12.1 Å². The number of nitrogens with one attached hydrogen (secondary N) is 1. The third kappa shape index (κ3) is 1.72. The Kier molecular flexibility index (Phi) is 2.41. The molecule has 0 aromatic carbocycles. The number of methoxy groups -OCH3 is 1. The van der Waals surface area contributed by atoms with Crippen LogP contribution in [-0.4, -0.2) is 19.8 Å². The Morgan fingerprint density at radius 2 is 2.50 bits per heavy atom. The molecule has 14 heavy (non-hydrogen) atoms. The highest BCUT2D eigenvalue weighted by molar-refractivity contribution is 5.69. The fraction of sp³-hybridized carbons (Fsp3) is 0.444. The summed E-state index contributed by atoms with van der Waals surface area (Å²) >= 11 is 0. The first-order chi connectivity index (χ1) is 6.79. The molecule has 1 aliphatic heterocycles. The van der Waals surface area contributed by atoms with Gasteiger partial charge in [0.2, 0.25) is 0 Å². The van der Waals surface area contributed by atoms with Crippen LogP contribution in [0.25, 0.3) is 0 Å². The molecule has 2 rings (SSSR count). The minimum absolute atomic E-state index is 0.173. The highest BCUT2D eigenvalue weighted by atomic mass is 16.6. The van der Waals surface area contributed by atoms with Gasteiger partial charge in [-0.1, -0.05) is 0 Å². The monoisotopic (exact) mass is 197 g/mol. The second-order valence-corrected chi connectivity index (χ2v) is 3.03. The SMILES string of the molecule is COCc1ccc(C2COC(=O)N2)o1. The molecule has 1 fully saturated rings. The molecule has 2 heterocycles. The summed E-state index contributed by atoms with van der Waals surface area (Å²) < 4.78 is 15.1. The van der Waals surface area contributed by atoms with Crippen molar-refractivity contribution in [1.82, 2.24) is 5.32 Å². The summed E-state index contributed by atoms with van der Waals surface area (Å²) in [6, 6.07) is 3.46. The van der Waals surface area contributed by atoms with Gasteiger partial charge in [0, 0.05) is 7.11 Å². The predicted octanol–water partition coefficient (Wildman–Crippen LogP) is 1.21. The lowest BCUT2D eigenvalue weighted by molar-refractivity contribution is 0.160. The first-order valence-electron chi connectivity index (χ1n) is 4.30. The van der Waals surface area contributed by atoms with Gasteiger partial charge in [-0.25, -0.2) is 4.79 Å². The third-order valence-corrected chi connectivity index (χ3v) is 1.99. The van der Waals surface area contributed by atoms with E-state index in [0.29, 0.717) is 19.0 Å². The molecule has 0 bridgehead atoms. The van der Waals surface area contributed by atoms with E-state index < -0.39 is 6.09 Å². The average Bonchev–Trinajstić information content (AvgIpc) is 2.74. The lowest BCUT2D eigenvalue weighted by Crippen LogP contribution is -2.17. The van der Waals surface area contributed by atoms with Gasteiger partial charge in [0.15, 0.2) is 0 Å². The van der Waals surface area contributed by atoms with Crippen molar-refractivity contribution in [3.63, 3.8) is 0 Å². The summed E-state index contributed by atoms with van der Waals surface area (Å²) in [5.74, 6) is 1.44. The summed E-state index contributed by atoms with van der Waals surface area (Å²) in [5, 5.41) is 2.63. The van der Waals surface area contributed by atoms with Gasteiger partial charge in [0.25, 0.3) is 0 Å². The number of hydrogen-bond donors (Lipinski definition) is 1. The van der Waals surface area contributed by atoms with E-state index in [2.05, 4.69) is 5.32 Å². The van der Waals surface area contributed by atoms with Crippen LogP contribution in [0, 0.1) is 0 Å². The van der Waals surface area contributed by atoms with Crippen molar-refractivity contribution in [2.75, 3.05) is 13.7 Å². The summed E-state index contributed by atoms with van der Waals surface area (Å²) in [6.45, 7) is 0.750. The number of furan rings is 1. The number of hydrogen-bond acceptors (Lipinski definition) is 4. The highest BCUT2D eigenvalue weighted by Gasteiger charge is 2.26. The van der Waals surface area contributed by atoms with E-state index in [-0.39, 0.29) is 6.04 Å². The number of rotatable bonds is 3. The predicted molar refractivity (Wildman–Crippen MR) is 46.6 cm³/mol. The molecular formula is C9H11NO4. The van der Waals surface area contributed by atoms with E-state index in [0.717, 1.165) is 5.76 Å². The van der Waals surface area contributed by atoms with Crippen LogP contribution in [0.3, 0.4) is 0 Å². The third-order valence-electron chi connectivity index (χ3n) is 1.99. The maximum Gasteiger partial charge on any atom is 0.407 e. The van der Waals surface area contributed by atoms with Crippen molar-refractivity contribution in [1.29, 1.82) is 0 Å². The molecule has 0 saturated carbocycles. The van der Waals surface area contributed by atoms with Crippen molar-refractivity contribution in [2.24, 2.45) is 0 Å². The first-order valence-corrected chi connectivity index (χ1v) is 4.30. The number of carbonyl (C=O) groups is 1. The van der Waals surface area contributed by atoms with Crippen molar-refractivity contribution < 1.29 is 18.7 Å². The number of amides is 1. The van der Waals surface area contributed by atoms with Crippen LogP contribution in [0.2, 0.25) is 0 Å². The molecule has 1 aromatic rings. The molecule has 1 saturated heterocycles. The van der Waals surface area contributed by atoms with Crippen molar-refractivity contribution in [3.8, 4) is 0 Å². The van der Waals surface area contributed by atoms with Crippen LogP contribution < -0.4 is 5.32 Å². The van der Waals surface area contributed by atoms with E-state index in [1.54, 1.807) is 7.11 Å². The van der Waals surface area contributed by atoms with Gasteiger partial charge in [-0.15, -0.1) is 0 Å². The van der Waals surface area contributed by atoms with E-state index in [4.69, 9.17) is 13.9 Å². The summed E-state index contributed by atoms with van der Waals surface area (Å²) in [4.78, 5) is 10.8. The minimum atomic E-state index is -0.403. The van der Waals surface area contributed by atoms with Crippen molar-refractivity contribution in [3.05, 3.63) is 23.7 Å². The second-order valence-electron chi connectivity index (χ2n) is 3.03. The zero-order valence-electron chi connectivity index (χ0n) is 7.78.